The Kier molecular flexibility index (Phi) is 20.5. The Labute approximate surface area is 423 Å². The number of benzene rings is 4. The third kappa shape index (κ3) is 15.1. The molecule has 18 heteroatoms. The van der Waals surface area contributed by atoms with Crippen molar-refractivity contribution in [1.29, 1.82) is 10.5 Å². The van der Waals surface area contributed by atoms with E-state index in [1.165, 1.54) is 43.5 Å². The largest absolute Gasteiger partial charge is 0.480 e. The molecule has 0 heterocycles. The van der Waals surface area contributed by atoms with Crippen LogP contribution in [0.15, 0.2) is 84.9 Å². The summed E-state index contributed by atoms with van der Waals surface area (Å²) in [4.78, 5) is 75.8. The number of carboxylic acid groups (broad SMARTS) is 1. The highest BCUT2D eigenvalue weighted by Crippen LogP contribution is 2.42. The molecule has 5 N–H and O–H groups in total. The molecule has 4 aromatic carbocycles. The minimum absolute atomic E-state index is 0.103. The fourth-order valence-corrected chi connectivity index (χ4v) is 9.30. The molecule has 0 spiro atoms. The first kappa shape index (κ1) is 55.1. The van der Waals surface area contributed by atoms with Crippen LogP contribution in [0.4, 0.5) is 11.4 Å². The van der Waals surface area contributed by atoms with E-state index in [1.54, 1.807) is 62.8 Å². The van der Waals surface area contributed by atoms with Crippen molar-refractivity contribution in [3.05, 3.63) is 128 Å². The number of nitrogens with zero attached hydrogens (tertiary/aromatic N) is 2. The van der Waals surface area contributed by atoms with E-state index >= 15 is 0 Å². The number of carboxylic acids is 1. The standard InChI is InChI=1S/C27H30ClN3O5.C26H28ClN3O5/c1-35-14-13-27(11-3-4-12-27)26(34)31-23(25(33)36-2)16-18-5-8-20(9-6-18)30-24(32)21-15-19(17-29)7-10-22(21)28;1-35-13-12-26(10-2-3-11-26)25(34)30-22(24(32)33)15-17-4-7-19(8-5-17)29-23(31)20-14-18(16-28)6-9-21(20)27/h5-10,15,23H,3-4,11-14,16H2,1-2H3,(H,30,32)(H,31,34);4-9,14,22H,2-3,10-13,15H2,1H3,(H,29,31)(H,30,34)(H,32,33)/t23-;22-/m00/s1. The van der Waals surface area contributed by atoms with Crippen LogP contribution in [0.2, 0.25) is 10.0 Å². The lowest BCUT2D eigenvalue weighted by atomic mass is 9.81. The maximum atomic E-state index is 13.2. The van der Waals surface area contributed by atoms with Gasteiger partial charge in [-0.2, -0.15) is 10.5 Å². The molecule has 374 valence electrons. The van der Waals surface area contributed by atoms with Gasteiger partial charge in [-0.15, -0.1) is 0 Å². The second kappa shape index (κ2) is 26.4. The van der Waals surface area contributed by atoms with Crippen LogP contribution in [-0.4, -0.2) is 87.3 Å². The van der Waals surface area contributed by atoms with Gasteiger partial charge in [-0.3, -0.25) is 19.2 Å². The molecule has 0 saturated heterocycles. The fourth-order valence-electron chi connectivity index (χ4n) is 8.89. The number of hydrogen-bond donors (Lipinski definition) is 5. The first-order chi connectivity index (χ1) is 34.1. The van der Waals surface area contributed by atoms with E-state index in [0.29, 0.717) is 54.1 Å². The van der Waals surface area contributed by atoms with Gasteiger partial charge in [-0.05, 0) is 110 Å². The zero-order valence-corrected chi connectivity index (χ0v) is 41.4. The normalized spacial score (nSPS) is 15.0. The van der Waals surface area contributed by atoms with Crippen LogP contribution in [-0.2, 0) is 46.2 Å². The summed E-state index contributed by atoms with van der Waals surface area (Å²) in [5, 5.41) is 39.4. The number of hydrogen-bond acceptors (Lipinski definition) is 11. The van der Waals surface area contributed by atoms with Crippen molar-refractivity contribution in [2.75, 3.05) is 45.2 Å². The number of aliphatic carboxylic acids is 1. The first-order valence-corrected chi connectivity index (χ1v) is 24.0. The molecule has 6 rings (SSSR count). The van der Waals surface area contributed by atoms with Crippen molar-refractivity contribution in [2.45, 2.75) is 89.1 Å². The Morgan fingerprint density at radius 1 is 0.606 bits per heavy atom. The van der Waals surface area contributed by atoms with Crippen LogP contribution in [0.3, 0.4) is 0 Å². The Hall–Kier alpha value is -6.82. The van der Waals surface area contributed by atoms with Gasteiger partial charge in [0, 0.05) is 51.6 Å². The number of nitrogens with one attached hydrogen (secondary N) is 4. The molecular weight excluding hydrogens is 952 g/mol. The number of carbonyl (C=O) groups excluding carboxylic acids is 5. The van der Waals surface area contributed by atoms with Gasteiger partial charge < -0.3 is 40.6 Å². The van der Waals surface area contributed by atoms with Crippen LogP contribution in [0.5, 0.6) is 0 Å². The molecule has 0 aromatic heterocycles. The molecule has 4 amide bonds. The summed E-state index contributed by atoms with van der Waals surface area (Å²) >= 11 is 12.2. The lowest BCUT2D eigenvalue weighted by Crippen LogP contribution is -2.49. The predicted molar refractivity (Wildman–Crippen MR) is 267 cm³/mol. The Morgan fingerprint density at radius 3 is 1.34 bits per heavy atom. The Balaban J connectivity index is 0.000000264. The smallest absolute Gasteiger partial charge is 0.328 e. The van der Waals surface area contributed by atoms with Crippen molar-refractivity contribution in [2.24, 2.45) is 10.8 Å². The van der Waals surface area contributed by atoms with Crippen LogP contribution in [0, 0.1) is 33.5 Å². The van der Waals surface area contributed by atoms with Gasteiger partial charge in [0.25, 0.3) is 11.8 Å². The summed E-state index contributed by atoms with van der Waals surface area (Å²) in [6, 6.07) is 24.5. The third-order valence-electron chi connectivity index (χ3n) is 13.0. The number of halogens is 2. The number of methoxy groups -OCH3 is 3. The molecule has 0 unspecified atom stereocenters. The van der Waals surface area contributed by atoms with Gasteiger partial charge in [0.15, 0.2) is 0 Å². The van der Waals surface area contributed by atoms with E-state index in [1.807, 2.05) is 12.1 Å². The van der Waals surface area contributed by atoms with Gasteiger partial charge in [0.1, 0.15) is 12.1 Å². The summed E-state index contributed by atoms with van der Waals surface area (Å²) in [5.74, 6) is -2.92. The topological polar surface area (TPSA) is 246 Å². The molecule has 4 aromatic rings. The number of esters is 1. The van der Waals surface area contributed by atoms with Crippen molar-refractivity contribution in [3.63, 3.8) is 0 Å². The van der Waals surface area contributed by atoms with Gasteiger partial charge in [-0.25, -0.2) is 9.59 Å². The number of ether oxygens (including phenoxy) is 3. The Bertz CT molecular complexity index is 2620. The summed E-state index contributed by atoms with van der Waals surface area (Å²) in [6.07, 6.45) is 8.33. The number of carbonyl (C=O) groups is 6. The summed E-state index contributed by atoms with van der Waals surface area (Å²) in [5.41, 5.74) is 2.39. The van der Waals surface area contributed by atoms with E-state index in [4.69, 9.17) is 47.9 Å². The van der Waals surface area contributed by atoms with Crippen LogP contribution >= 0.6 is 23.2 Å². The summed E-state index contributed by atoms with van der Waals surface area (Å²) in [6.45, 7) is 0.930. The van der Waals surface area contributed by atoms with E-state index in [-0.39, 0.29) is 45.8 Å². The average Bonchev–Trinajstić information content (AvgIpc) is 4.08. The number of amides is 4. The van der Waals surface area contributed by atoms with Gasteiger partial charge in [0.2, 0.25) is 11.8 Å². The fraction of sp³-hybridized carbons (Fsp3) is 0.396. The molecule has 2 aliphatic carbocycles. The zero-order valence-electron chi connectivity index (χ0n) is 39.9. The summed E-state index contributed by atoms with van der Waals surface area (Å²) in [7, 11) is 4.50. The van der Waals surface area contributed by atoms with E-state index < -0.39 is 46.7 Å². The van der Waals surface area contributed by atoms with Crippen molar-refractivity contribution in [1.82, 2.24) is 10.6 Å². The van der Waals surface area contributed by atoms with Gasteiger partial charge in [0.05, 0.1) is 62.4 Å². The first-order valence-electron chi connectivity index (χ1n) is 23.2. The second-order valence-electron chi connectivity index (χ2n) is 17.7. The molecule has 0 aliphatic heterocycles. The zero-order chi connectivity index (χ0) is 51.6. The molecule has 2 fully saturated rings. The molecule has 0 bridgehead atoms. The highest BCUT2D eigenvalue weighted by Gasteiger charge is 2.43. The molecule has 0 radical (unpaired) electrons. The highest BCUT2D eigenvalue weighted by atomic mass is 35.5. The van der Waals surface area contributed by atoms with Crippen molar-refractivity contribution in [3.8, 4) is 12.1 Å². The van der Waals surface area contributed by atoms with Crippen molar-refractivity contribution < 1.29 is 48.1 Å². The quantitative estimate of drug-likeness (QED) is 0.0524. The minimum atomic E-state index is -1.11. The molecule has 71 heavy (non-hydrogen) atoms. The van der Waals surface area contributed by atoms with Gasteiger partial charge in [-0.1, -0.05) is 73.2 Å². The summed E-state index contributed by atoms with van der Waals surface area (Å²) < 4.78 is 15.3. The van der Waals surface area contributed by atoms with Crippen LogP contribution in [0.1, 0.15) is 107 Å². The third-order valence-corrected chi connectivity index (χ3v) is 13.7. The molecular formula is C53H58Cl2N6O10. The number of anilines is 2. The number of rotatable bonds is 20. The van der Waals surface area contributed by atoms with Crippen LogP contribution < -0.4 is 21.3 Å². The highest BCUT2D eigenvalue weighted by molar-refractivity contribution is 6.35. The van der Waals surface area contributed by atoms with Crippen molar-refractivity contribution >= 4 is 70.1 Å². The molecule has 2 saturated carbocycles. The monoisotopic (exact) mass is 1010 g/mol. The lowest BCUT2D eigenvalue weighted by Gasteiger charge is -2.29. The van der Waals surface area contributed by atoms with E-state index in [0.717, 1.165) is 56.9 Å². The molecule has 16 nitrogen and oxygen atoms in total. The molecule has 2 aliphatic rings. The molecule has 2 atom stereocenters. The number of nitriles is 2. The second-order valence-corrected chi connectivity index (χ2v) is 18.5. The SMILES string of the molecule is COCCC1(C(=O)N[C@@H](Cc2ccc(NC(=O)c3cc(C#N)ccc3Cl)cc2)C(=O)O)CCCC1.COCCC1(C(=O)N[C@@H](Cc2ccc(NC(=O)c3cc(C#N)ccc3Cl)cc2)C(=O)OC)CCCC1. The van der Waals surface area contributed by atoms with E-state index in [2.05, 4.69) is 21.3 Å². The minimum Gasteiger partial charge on any atom is -0.480 e. The maximum absolute atomic E-state index is 13.2. The Morgan fingerprint density at radius 2 is 0.986 bits per heavy atom. The lowest BCUT2D eigenvalue weighted by molar-refractivity contribution is -0.147. The van der Waals surface area contributed by atoms with E-state index in [9.17, 15) is 33.9 Å². The van der Waals surface area contributed by atoms with Gasteiger partial charge >= 0.3 is 11.9 Å². The average molecular weight is 1010 g/mol. The predicted octanol–water partition coefficient (Wildman–Crippen LogP) is 8.43. The van der Waals surface area contributed by atoms with Crippen LogP contribution in [0.25, 0.3) is 0 Å². The maximum Gasteiger partial charge on any atom is 0.328 e.